The second kappa shape index (κ2) is 14.2. The SMILES string of the molecule is C/C(=C\C(=C/C(C)n1c2ccccc2c2ccc3c4ccccc4n(-c4ccccc4)c3c21)n1c2ccccc2c2ccc3c4ccccc4n(-c4ccccc4)c3c21)C1=CC=CC2C[C@H]12. The summed E-state index contributed by atoms with van der Waals surface area (Å²) in [5, 5.41) is 10.0. The fourth-order valence-corrected chi connectivity index (χ4v) is 11.9. The van der Waals surface area contributed by atoms with Gasteiger partial charge in [-0.25, -0.2) is 0 Å². The minimum absolute atomic E-state index is 0.0661. The Morgan fingerprint density at radius 3 is 1.53 bits per heavy atom. The van der Waals surface area contributed by atoms with Crippen LogP contribution in [0.4, 0.5) is 0 Å². The first-order valence-electron chi connectivity index (χ1n) is 23.4. The van der Waals surface area contributed by atoms with Crippen LogP contribution in [0.5, 0.6) is 0 Å². The maximum Gasteiger partial charge on any atom is 0.0788 e. The van der Waals surface area contributed by atoms with E-state index in [9.17, 15) is 0 Å². The number of para-hydroxylation sites is 6. The van der Waals surface area contributed by atoms with Crippen molar-refractivity contribution in [3.8, 4) is 11.4 Å². The Morgan fingerprint density at radius 1 is 0.485 bits per heavy atom. The van der Waals surface area contributed by atoms with E-state index in [1.165, 1.54) is 105 Å². The average Bonchev–Trinajstić information content (AvgIpc) is 3.65. The number of rotatable bonds is 7. The molecule has 12 aromatic rings. The Bertz CT molecular complexity index is 4100. The molecule has 314 valence electrons. The van der Waals surface area contributed by atoms with E-state index in [-0.39, 0.29) is 6.04 Å². The van der Waals surface area contributed by atoms with Gasteiger partial charge in [0.25, 0.3) is 0 Å². The molecule has 0 radical (unpaired) electrons. The highest BCUT2D eigenvalue weighted by Crippen LogP contribution is 2.50. The van der Waals surface area contributed by atoms with Crippen molar-refractivity contribution in [2.45, 2.75) is 26.3 Å². The van der Waals surface area contributed by atoms with E-state index in [4.69, 9.17) is 0 Å². The van der Waals surface area contributed by atoms with Crippen molar-refractivity contribution in [1.29, 1.82) is 0 Å². The summed E-state index contributed by atoms with van der Waals surface area (Å²) in [6.07, 6.45) is 13.3. The van der Waals surface area contributed by atoms with Gasteiger partial charge in [-0.3, -0.25) is 0 Å². The third-order valence-corrected chi connectivity index (χ3v) is 14.8. The van der Waals surface area contributed by atoms with Gasteiger partial charge in [0.15, 0.2) is 0 Å². The summed E-state index contributed by atoms with van der Waals surface area (Å²) < 4.78 is 10.2. The minimum Gasteiger partial charge on any atom is -0.332 e. The van der Waals surface area contributed by atoms with Gasteiger partial charge in [-0.15, -0.1) is 0 Å². The molecular weight excluding hydrogens is 801 g/mol. The third-order valence-electron chi connectivity index (χ3n) is 14.8. The zero-order chi connectivity index (χ0) is 43.6. The van der Waals surface area contributed by atoms with Crippen molar-refractivity contribution in [1.82, 2.24) is 18.3 Å². The molecule has 4 heterocycles. The normalized spacial score (nSPS) is 17.0. The molecule has 66 heavy (non-hydrogen) atoms. The Morgan fingerprint density at radius 2 is 0.939 bits per heavy atom. The molecule has 0 aliphatic heterocycles. The van der Waals surface area contributed by atoms with E-state index in [1.807, 2.05) is 0 Å². The van der Waals surface area contributed by atoms with Crippen LogP contribution < -0.4 is 0 Å². The van der Waals surface area contributed by atoms with Crippen molar-refractivity contribution in [3.63, 3.8) is 0 Å². The number of aromatic nitrogens is 4. The second-order valence-corrected chi connectivity index (χ2v) is 18.5. The van der Waals surface area contributed by atoms with Crippen LogP contribution in [0.25, 0.3) is 104 Å². The van der Waals surface area contributed by atoms with Crippen molar-refractivity contribution in [3.05, 3.63) is 224 Å². The molecule has 4 nitrogen and oxygen atoms in total. The molecule has 4 aromatic heterocycles. The van der Waals surface area contributed by atoms with E-state index >= 15 is 0 Å². The molecule has 1 saturated carbocycles. The predicted octanol–water partition coefficient (Wildman–Crippen LogP) is 16.3. The first-order valence-corrected chi connectivity index (χ1v) is 23.4. The number of nitrogens with zero attached hydrogens (tertiary/aromatic N) is 4. The quantitative estimate of drug-likeness (QED) is 0.142. The van der Waals surface area contributed by atoms with Crippen LogP contribution in [-0.4, -0.2) is 18.3 Å². The Balaban J connectivity index is 1.12. The highest BCUT2D eigenvalue weighted by Gasteiger charge is 2.39. The van der Waals surface area contributed by atoms with Gasteiger partial charge in [0.1, 0.15) is 0 Å². The van der Waals surface area contributed by atoms with Crippen LogP contribution in [0.1, 0.15) is 26.3 Å². The van der Waals surface area contributed by atoms with Gasteiger partial charge in [-0.1, -0.05) is 152 Å². The van der Waals surface area contributed by atoms with E-state index in [0.717, 1.165) is 17.1 Å². The van der Waals surface area contributed by atoms with Crippen molar-refractivity contribution in [2.24, 2.45) is 11.8 Å². The Labute approximate surface area is 382 Å². The van der Waals surface area contributed by atoms with E-state index in [0.29, 0.717) is 11.8 Å². The third kappa shape index (κ3) is 5.33. The van der Waals surface area contributed by atoms with Crippen molar-refractivity contribution in [2.75, 3.05) is 0 Å². The molecule has 2 unspecified atom stereocenters. The van der Waals surface area contributed by atoms with Crippen molar-refractivity contribution >= 4 is 92.9 Å². The smallest absolute Gasteiger partial charge is 0.0788 e. The lowest BCUT2D eigenvalue weighted by Gasteiger charge is -2.20. The van der Waals surface area contributed by atoms with Gasteiger partial charge >= 0.3 is 0 Å². The van der Waals surface area contributed by atoms with Crippen LogP contribution in [-0.2, 0) is 0 Å². The topological polar surface area (TPSA) is 19.7 Å². The van der Waals surface area contributed by atoms with Crippen molar-refractivity contribution < 1.29 is 0 Å². The van der Waals surface area contributed by atoms with Crippen LogP contribution in [0.2, 0.25) is 0 Å². The molecule has 2 aliphatic carbocycles. The molecule has 0 N–H and O–H groups in total. The van der Waals surface area contributed by atoms with Gasteiger partial charge in [0.2, 0.25) is 0 Å². The molecular formula is C62H46N4. The fraction of sp³-hybridized carbons (Fsp3) is 0.0968. The van der Waals surface area contributed by atoms with Gasteiger partial charge in [-0.05, 0) is 104 Å². The molecule has 0 bridgehead atoms. The number of hydrogen-bond donors (Lipinski definition) is 0. The number of fused-ring (bicyclic) bond motifs is 15. The second-order valence-electron chi connectivity index (χ2n) is 18.5. The Hall–Kier alpha value is -8.08. The fourth-order valence-electron chi connectivity index (χ4n) is 11.9. The maximum absolute atomic E-state index is 2.62. The van der Waals surface area contributed by atoms with Gasteiger partial charge < -0.3 is 18.3 Å². The monoisotopic (exact) mass is 846 g/mol. The molecule has 1 fully saturated rings. The summed E-state index contributed by atoms with van der Waals surface area (Å²) >= 11 is 0. The zero-order valence-electron chi connectivity index (χ0n) is 36.9. The summed E-state index contributed by atoms with van der Waals surface area (Å²) in [5.74, 6) is 1.23. The first-order chi connectivity index (χ1) is 32.6. The predicted molar refractivity (Wildman–Crippen MR) is 279 cm³/mol. The standard InChI is InChI=1S/C62H46N4/c1-39(45-27-17-18-41-38-54(41)45)36-44(66-58-31-16-12-26-49(58)53-35-34-52-48-25-11-15-30-57(48)65(61(52)62(53)66)43-21-7-4-8-22-43)37-40(2)63-55-28-13-9-23-46(55)50-32-33-51-47-24-10-14-29-56(47)64(60(51)59(50)63)42-19-5-3-6-20-42/h3-37,40-41,54H,38H2,1-2H3/b39-36+,44-37+/t40?,41?,54-/m0/s1. The lowest BCUT2D eigenvalue weighted by Crippen LogP contribution is -2.07. The molecule has 8 aromatic carbocycles. The van der Waals surface area contributed by atoms with Gasteiger partial charge in [0, 0.05) is 65.7 Å². The summed E-state index contributed by atoms with van der Waals surface area (Å²) in [5.41, 5.74) is 16.0. The first kappa shape index (κ1) is 37.3. The zero-order valence-corrected chi connectivity index (χ0v) is 36.9. The highest BCUT2D eigenvalue weighted by atomic mass is 15.1. The summed E-state index contributed by atoms with van der Waals surface area (Å²) in [4.78, 5) is 0. The summed E-state index contributed by atoms with van der Waals surface area (Å²) in [6.45, 7) is 4.74. The lowest BCUT2D eigenvalue weighted by atomic mass is 9.96. The van der Waals surface area contributed by atoms with Gasteiger partial charge in [-0.2, -0.15) is 0 Å². The largest absolute Gasteiger partial charge is 0.332 e. The van der Waals surface area contributed by atoms with Crippen LogP contribution >= 0.6 is 0 Å². The maximum atomic E-state index is 2.62. The number of allylic oxidation sites excluding steroid dienone is 8. The van der Waals surface area contributed by atoms with E-state index in [2.05, 4.69) is 244 Å². The molecule has 14 rings (SSSR count). The van der Waals surface area contributed by atoms with Crippen LogP contribution in [0, 0.1) is 11.8 Å². The van der Waals surface area contributed by atoms with Crippen LogP contribution in [0.15, 0.2) is 224 Å². The molecule has 2 aliphatic rings. The molecule has 0 spiro atoms. The molecule has 4 heteroatoms. The summed E-state index contributed by atoms with van der Waals surface area (Å²) in [6, 6.07) is 67.0. The number of hydrogen-bond acceptors (Lipinski definition) is 0. The summed E-state index contributed by atoms with van der Waals surface area (Å²) in [7, 11) is 0. The minimum atomic E-state index is -0.0661. The Kier molecular flexibility index (Phi) is 8.03. The highest BCUT2D eigenvalue weighted by molar-refractivity contribution is 6.25. The van der Waals surface area contributed by atoms with Gasteiger partial charge in [0.05, 0.1) is 44.7 Å². The average molecular weight is 847 g/mol. The molecule has 0 amide bonds. The van der Waals surface area contributed by atoms with Crippen LogP contribution in [0.3, 0.4) is 0 Å². The lowest BCUT2D eigenvalue weighted by molar-refractivity contribution is 0.710. The molecule has 3 atom stereocenters. The number of benzene rings is 8. The van der Waals surface area contributed by atoms with E-state index < -0.39 is 0 Å². The van der Waals surface area contributed by atoms with E-state index in [1.54, 1.807) is 0 Å². The molecule has 0 saturated heterocycles.